The summed E-state index contributed by atoms with van der Waals surface area (Å²) in [6.07, 6.45) is 5.76. The Balaban J connectivity index is 1.48. The number of nitrogens with zero attached hydrogens (tertiary/aromatic N) is 4. The molecule has 6 nitrogen and oxygen atoms in total. The van der Waals surface area contributed by atoms with Gasteiger partial charge >= 0.3 is 0 Å². The third-order valence-corrected chi connectivity index (χ3v) is 5.67. The van der Waals surface area contributed by atoms with Crippen molar-refractivity contribution in [3.63, 3.8) is 0 Å². The van der Waals surface area contributed by atoms with Crippen LogP contribution in [0.2, 0.25) is 0 Å². The third-order valence-electron chi connectivity index (χ3n) is 5.67. The number of likely N-dealkylation sites (tertiary alicyclic amines) is 2. The van der Waals surface area contributed by atoms with E-state index in [4.69, 9.17) is 0 Å². The fraction of sp³-hybridized carbons (Fsp3) is 0.429. The zero-order chi connectivity index (χ0) is 18.9. The molecule has 1 atom stereocenters. The molecule has 2 aliphatic heterocycles. The van der Waals surface area contributed by atoms with E-state index < -0.39 is 5.41 Å². The molecule has 2 aliphatic rings. The fourth-order valence-corrected chi connectivity index (χ4v) is 4.28. The number of pyridine rings is 2. The molecule has 2 saturated heterocycles. The van der Waals surface area contributed by atoms with Crippen molar-refractivity contribution >= 4 is 11.8 Å². The number of aromatic nitrogens is 2. The Kier molecular flexibility index (Phi) is 4.64. The Bertz CT molecular complexity index is 854. The van der Waals surface area contributed by atoms with E-state index in [-0.39, 0.29) is 11.8 Å². The second-order valence-electron chi connectivity index (χ2n) is 7.60. The average molecular weight is 364 g/mol. The van der Waals surface area contributed by atoms with E-state index in [1.54, 1.807) is 24.5 Å². The Morgan fingerprint density at radius 2 is 2.07 bits per heavy atom. The molecule has 0 unspecified atom stereocenters. The van der Waals surface area contributed by atoms with Crippen LogP contribution in [0.3, 0.4) is 0 Å². The maximum atomic E-state index is 13.2. The first-order chi connectivity index (χ1) is 13.1. The van der Waals surface area contributed by atoms with Gasteiger partial charge in [0.15, 0.2) is 0 Å². The first-order valence-electron chi connectivity index (χ1n) is 9.49. The number of rotatable bonds is 3. The lowest BCUT2D eigenvalue weighted by Gasteiger charge is -2.39. The van der Waals surface area contributed by atoms with Gasteiger partial charge in [-0.25, -0.2) is 0 Å². The van der Waals surface area contributed by atoms with Gasteiger partial charge < -0.3 is 9.80 Å². The van der Waals surface area contributed by atoms with Gasteiger partial charge in [0.1, 0.15) is 0 Å². The molecule has 4 rings (SSSR count). The van der Waals surface area contributed by atoms with Crippen molar-refractivity contribution in [1.29, 1.82) is 0 Å². The van der Waals surface area contributed by atoms with Crippen LogP contribution in [0.15, 0.2) is 42.7 Å². The van der Waals surface area contributed by atoms with Gasteiger partial charge in [0.05, 0.1) is 23.2 Å². The molecule has 0 radical (unpaired) electrons. The van der Waals surface area contributed by atoms with Crippen LogP contribution in [0.25, 0.3) is 0 Å². The highest BCUT2D eigenvalue weighted by Crippen LogP contribution is 2.40. The molecule has 0 saturated carbocycles. The van der Waals surface area contributed by atoms with Gasteiger partial charge in [-0.15, -0.1) is 0 Å². The Hall–Kier alpha value is -2.76. The molecule has 1 spiro atoms. The lowest BCUT2D eigenvalue weighted by molar-refractivity contribution is -0.138. The lowest BCUT2D eigenvalue weighted by atomic mass is 9.78. The summed E-state index contributed by atoms with van der Waals surface area (Å²) < 4.78 is 0. The normalized spacial score (nSPS) is 22.5. The maximum Gasteiger partial charge on any atom is 0.255 e. The molecule has 140 valence electrons. The summed E-state index contributed by atoms with van der Waals surface area (Å²) in [5.41, 5.74) is 2.01. The summed E-state index contributed by atoms with van der Waals surface area (Å²) in [6, 6.07) is 9.44. The third kappa shape index (κ3) is 3.44. The summed E-state index contributed by atoms with van der Waals surface area (Å²) in [7, 11) is 0. The van der Waals surface area contributed by atoms with E-state index in [0.717, 1.165) is 37.2 Å². The number of hydrogen-bond acceptors (Lipinski definition) is 4. The van der Waals surface area contributed by atoms with Gasteiger partial charge in [0.25, 0.3) is 5.91 Å². The molecule has 6 heteroatoms. The highest BCUT2D eigenvalue weighted by Gasteiger charge is 2.49. The van der Waals surface area contributed by atoms with Crippen LogP contribution in [-0.2, 0) is 11.3 Å². The SMILES string of the molecule is Cc1cccc(CN2CC[C@@]3(CCCN(C(=O)c4cccnc4)C3)C2=O)n1. The van der Waals surface area contributed by atoms with Gasteiger partial charge in [-0.2, -0.15) is 0 Å². The average Bonchev–Trinajstić information content (AvgIpc) is 2.97. The Morgan fingerprint density at radius 1 is 1.19 bits per heavy atom. The van der Waals surface area contributed by atoms with Gasteiger partial charge in [0.2, 0.25) is 5.91 Å². The van der Waals surface area contributed by atoms with Gasteiger partial charge in [-0.05, 0) is 50.5 Å². The predicted molar refractivity (Wildman–Crippen MR) is 101 cm³/mol. The number of carbonyl (C=O) groups is 2. The van der Waals surface area contributed by atoms with E-state index in [2.05, 4.69) is 9.97 Å². The number of carbonyl (C=O) groups excluding carboxylic acids is 2. The van der Waals surface area contributed by atoms with E-state index in [0.29, 0.717) is 25.2 Å². The van der Waals surface area contributed by atoms with Gasteiger partial charge in [-0.3, -0.25) is 19.6 Å². The molecule has 0 N–H and O–H groups in total. The van der Waals surface area contributed by atoms with Crippen molar-refractivity contribution in [3.05, 3.63) is 59.7 Å². The van der Waals surface area contributed by atoms with E-state index in [1.165, 1.54) is 0 Å². The summed E-state index contributed by atoms with van der Waals surface area (Å²) in [6.45, 7) is 4.42. The molecular weight excluding hydrogens is 340 g/mol. The van der Waals surface area contributed by atoms with Crippen LogP contribution in [0.1, 0.15) is 41.0 Å². The topological polar surface area (TPSA) is 66.4 Å². The summed E-state index contributed by atoms with van der Waals surface area (Å²) in [5, 5.41) is 0. The van der Waals surface area contributed by atoms with Gasteiger partial charge in [0, 0.05) is 37.7 Å². The van der Waals surface area contributed by atoms with Crippen molar-refractivity contribution < 1.29 is 9.59 Å². The number of piperidine rings is 1. The number of hydrogen-bond donors (Lipinski definition) is 0. The first-order valence-corrected chi connectivity index (χ1v) is 9.49. The quantitative estimate of drug-likeness (QED) is 0.839. The molecule has 4 heterocycles. The zero-order valence-corrected chi connectivity index (χ0v) is 15.6. The van der Waals surface area contributed by atoms with Crippen LogP contribution < -0.4 is 0 Å². The van der Waals surface area contributed by atoms with Crippen LogP contribution >= 0.6 is 0 Å². The second-order valence-corrected chi connectivity index (χ2v) is 7.60. The minimum atomic E-state index is -0.445. The van der Waals surface area contributed by atoms with Crippen molar-refractivity contribution in [2.45, 2.75) is 32.7 Å². The summed E-state index contributed by atoms with van der Waals surface area (Å²) in [4.78, 5) is 38.3. The van der Waals surface area contributed by atoms with Crippen LogP contribution in [0.5, 0.6) is 0 Å². The smallest absolute Gasteiger partial charge is 0.255 e. The monoisotopic (exact) mass is 364 g/mol. The fourth-order valence-electron chi connectivity index (χ4n) is 4.28. The van der Waals surface area contributed by atoms with E-state index in [9.17, 15) is 9.59 Å². The minimum Gasteiger partial charge on any atom is -0.338 e. The highest BCUT2D eigenvalue weighted by molar-refractivity contribution is 5.95. The lowest BCUT2D eigenvalue weighted by Crippen LogP contribution is -2.49. The van der Waals surface area contributed by atoms with Crippen LogP contribution in [0.4, 0.5) is 0 Å². The first kappa shape index (κ1) is 17.6. The van der Waals surface area contributed by atoms with E-state index >= 15 is 0 Å². The van der Waals surface area contributed by atoms with Crippen LogP contribution in [0, 0.1) is 12.3 Å². The van der Waals surface area contributed by atoms with Crippen molar-refractivity contribution in [2.75, 3.05) is 19.6 Å². The van der Waals surface area contributed by atoms with Crippen LogP contribution in [-0.4, -0.2) is 51.2 Å². The van der Waals surface area contributed by atoms with Gasteiger partial charge in [-0.1, -0.05) is 6.07 Å². The minimum absolute atomic E-state index is 0.0335. The summed E-state index contributed by atoms with van der Waals surface area (Å²) >= 11 is 0. The van der Waals surface area contributed by atoms with Crippen molar-refractivity contribution in [1.82, 2.24) is 19.8 Å². The molecule has 0 aromatic carbocycles. The molecule has 27 heavy (non-hydrogen) atoms. The standard InChI is InChI=1S/C21H24N4O2/c1-16-5-2-7-18(23-16)14-24-12-9-21(20(24)27)8-4-11-25(15-21)19(26)17-6-3-10-22-13-17/h2-3,5-7,10,13H,4,8-9,11-12,14-15H2,1H3/t21-/m1/s1. The Morgan fingerprint density at radius 3 is 2.85 bits per heavy atom. The maximum absolute atomic E-state index is 13.2. The Labute approximate surface area is 159 Å². The predicted octanol–water partition coefficient (Wildman–Crippen LogP) is 2.44. The molecule has 2 amide bonds. The van der Waals surface area contributed by atoms with Crippen molar-refractivity contribution in [3.8, 4) is 0 Å². The second kappa shape index (κ2) is 7.10. The summed E-state index contributed by atoms with van der Waals surface area (Å²) in [5.74, 6) is 0.128. The molecule has 2 fully saturated rings. The molecule has 0 bridgehead atoms. The zero-order valence-electron chi connectivity index (χ0n) is 15.6. The molecule has 2 aromatic rings. The van der Waals surface area contributed by atoms with Crippen molar-refractivity contribution in [2.24, 2.45) is 5.41 Å². The van der Waals surface area contributed by atoms with E-state index in [1.807, 2.05) is 34.9 Å². The molecule has 2 aromatic heterocycles. The molecular formula is C21H24N4O2. The highest BCUT2D eigenvalue weighted by atomic mass is 16.2. The molecule has 0 aliphatic carbocycles. The number of aryl methyl sites for hydroxylation is 1. The number of amides is 2. The largest absolute Gasteiger partial charge is 0.338 e.